The van der Waals surface area contributed by atoms with Gasteiger partial charge in [0.15, 0.2) is 0 Å². The van der Waals surface area contributed by atoms with Gasteiger partial charge < -0.3 is 19.9 Å². The summed E-state index contributed by atoms with van der Waals surface area (Å²) >= 11 is 0. The van der Waals surface area contributed by atoms with Crippen LogP contribution >= 0.6 is 0 Å². The number of benzene rings is 1. The predicted octanol–water partition coefficient (Wildman–Crippen LogP) is 1.70. The molecule has 0 aliphatic heterocycles. The van der Waals surface area contributed by atoms with Gasteiger partial charge in [-0.05, 0) is 31.5 Å². The summed E-state index contributed by atoms with van der Waals surface area (Å²) < 4.78 is 10.8. The van der Waals surface area contributed by atoms with Gasteiger partial charge in [0.05, 0.1) is 5.56 Å². The van der Waals surface area contributed by atoms with Crippen molar-refractivity contribution in [1.29, 1.82) is 5.26 Å². The van der Waals surface area contributed by atoms with Crippen molar-refractivity contribution in [3.63, 3.8) is 0 Å². The van der Waals surface area contributed by atoms with Crippen LogP contribution in [0, 0.1) is 11.3 Å². The maximum atomic E-state index is 9.81. The number of nitrogens with one attached hydrogen (secondary N) is 1. The third-order valence-corrected chi connectivity index (χ3v) is 2.81. The van der Waals surface area contributed by atoms with Gasteiger partial charge in [-0.15, -0.1) is 0 Å². The van der Waals surface area contributed by atoms with E-state index in [9.17, 15) is 5.11 Å². The van der Waals surface area contributed by atoms with Crippen molar-refractivity contribution < 1.29 is 14.6 Å². The lowest BCUT2D eigenvalue weighted by molar-refractivity contribution is 0.103. The Labute approximate surface area is 126 Å². The third kappa shape index (κ3) is 7.66. The molecule has 0 aliphatic carbocycles. The van der Waals surface area contributed by atoms with E-state index in [-0.39, 0.29) is 6.61 Å². The minimum Gasteiger partial charge on any atom is -0.489 e. The standard InChI is InChI=1S/C16H24N2O3/c1-2-9-20-10-5-8-18-12-15(19)13-21-16-7-4-3-6-14(16)11-17/h3-4,6-7,15,18-19H,2,5,8-10,12-13H2,1H3. The van der Waals surface area contributed by atoms with Crippen molar-refractivity contribution in [2.45, 2.75) is 25.9 Å². The van der Waals surface area contributed by atoms with Gasteiger partial charge in [0.25, 0.3) is 0 Å². The van der Waals surface area contributed by atoms with E-state index in [0.717, 1.165) is 32.6 Å². The quantitative estimate of drug-likeness (QED) is 0.607. The summed E-state index contributed by atoms with van der Waals surface area (Å²) in [4.78, 5) is 0. The van der Waals surface area contributed by atoms with Crippen LogP contribution in [0.5, 0.6) is 5.75 Å². The van der Waals surface area contributed by atoms with E-state index >= 15 is 0 Å². The van der Waals surface area contributed by atoms with Crippen LogP contribution in [0.3, 0.4) is 0 Å². The van der Waals surface area contributed by atoms with Crippen molar-refractivity contribution in [3.05, 3.63) is 29.8 Å². The highest BCUT2D eigenvalue weighted by molar-refractivity contribution is 5.42. The lowest BCUT2D eigenvalue weighted by atomic mass is 10.2. The first-order valence-corrected chi connectivity index (χ1v) is 7.36. The molecule has 0 heterocycles. The van der Waals surface area contributed by atoms with Crippen LogP contribution in [0.4, 0.5) is 0 Å². The van der Waals surface area contributed by atoms with Crippen LogP contribution in [0.2, 0.25) is 0 Å². The molecule has 0 spiro atoms. The molecule has 0 saturated heterocycles. The van der Waals surface area contributed by atoms with E-state index in [2.05, 4.69) is 18.3 Å². The van der Waals surface area contributed by atoms with Gasteiger partial charge in [0, 0.05) is 19.8 Å². The lowest BCUT2D eigenvalue weighted by Gasteiger charge is -2.14. The molecule has 2 N–H and O–H groups in total. The number of nitriles is 1. The highest BCUT2D eigenvalue weighted by Crippen LogP contribution is 2.16. The predicted molar refractivity (Wildman–Crippen MR) is 81.3 cm³/mol. The number of hydrogen-bond acceptors (Lipinski definition) is 5. The highest BCUT2D eigenvalue weighted by Gasteiger charge is 2.07. The molecule has 1 atom stereocenters. The fourth-order valence-electron chi connectivity index (χ4n) is 1.74. The topological polar surface area (TPSA) is 74.5 Å². The first-order valence-electron chi connectivity index (χ1n) is 7.36. The maximum Gasteiger partial charge on any atom is 0.137 e. The van der Waals surface area contributed by atoms with Crippen LogP contribution in [0.1, 0.15) is 25.3 Å². The Morgan fingerprint density at radius 3 is 2.90 bits per heavy atom. The Morgan fingerprint density at radius 1 is 1.33 bits per heavy atom. The Hall–Kier alpha value is -1.61. The summed E-state index contributed by atoms with van der Waals surface area (Å²) in [6, 6.07) is 9.06. The van der Waals surface area contributed by atoms with Gasteiger partial charge in [-0.1, -0.05) is 19.1 Å². The molecule has 1 unspecified atom stereocenters. The van der Waals surface area contributed by atoms with E-state index < -0.39 is 6.10 Å². The number of rotatable bonds is 11. The second kappa shape index (κ2) is 11.1. The molecule has 0 amide bonds. The molecule has 0 radical (unpaired) electrons. The normalized spacial score (nSPS) is 11.9. The largest absolute Gasteiger partial charge is 0.489 e. The van der Waals surface area contributed by atoms with E-state index in [1.165, 1.54) is 0 Å². The molecule has 21 heavy (non-hydrogen) atoms. The molecule has 1 rings (SSSR count). The summed E-state index contributed by atoms with van der Waals surface area (Å²) in [5.41, 5.74) is 0.478. The lowest BCUT2D eigenvalue weighted by Crippen LogP contribution is -2.32. The van der Waals surface area contributed by atoms with Crippen molar-refractivity contribution >= 4 is 0 Å². The molecule has 116 valence electrons. The average Bonchev–Trinajstić information content (AvgIpc) is 2.52. The molecule has 5 nitrogen and oxygen atoms in total. The number of ether oxygens (including phenoxy) is 2. The summed E-state index contributed by atoms with van der Waals surface area (Å²) in [5.74, 6) is 0.506. The van der Waals surface area contributed by atoms with Gasteiger partial charge in [0.1, 0.15) is 24.5 Å². The van der Waals surface area contributed by atoms with Gasteiger partial charge in [0.2, 0.25) is 0 Å². The number of hydrogen-bond donors (Lipinski definition) is 2. The summed E-state index contributed by atoms with van der Waals surface area (Å²) in [6.07, 6.45) is 1.35. The first-order chi connectivity index (χ1) is 10.3. The highest BCUT2D eigenvalue weighted by atomic mass is 16.5. The molecular weight excluding hydrogens is 268 g/mol. The number of nitrogens with zero attached hydrogens (tertiary/aromatic N) is 1. The number of aliphatic hydroxyl groups excluding tert-OH is 1. The molecule has 1 aromatic carbocycles. The first kappa shape index (κ1) is 17.4. The minimum absolute atomic E-state index is 0.165. The number of para-hydroxylation sites is 1. The molecule has 0 aromatic heterocycles. The minimum atomic E-state index is -0.603. The van der Waals surface area contributed by atoms with Crippen molar-refractivity contribution in [3.8, 4) is 11.8 Å². The molecular formula is C16H24N2O3. The third-order valence-electron chi connectivity index (χ3n) is 2.81. The summed E-state index contributed by atoms with van der Waals surface area (Å²) in [5, 5.41) is 21.9. The molecule has 0 saturated carbocycles. The Kier molecular flexibility index (Phi) is 9.21. The van der Waals surface area contributed by atoms with Gasteiger partial charge in [-0.3, -0.25) is 0 Å². The van der Waals surface area contributed by atoms with Gasteiger partial charge in [-0.25, -0.2) is 0 Å². The summed E-state index contributed by atoms with van der Waals surface area (Å²) in [7, 11) is 0. The molecule has 0 fully saturated rings. The molecule has 5 heteroatoms. The second-order valence-corrected chi connectivity index (χ2v) is 4.74. The van der Waals surface area contributed by atoms with Crippen molar-refractivity contribution in [2.24, 2.45) is 0 Å². The zero-order chi connectivity index (χ0) is 15.3. The van der Waals surface area contributed by atoms with Gasteiger partial charge in [-0.2, -0.15) is 5.26 Å². The summed E-state index contributed by atoms with van der Waals surface area (Å²) in [6.45, 7) is 5.05. The van der Waals surface area contributed by atoms with E-state index in [1.807, 2.05) is 0 Å². The van der Waals surface area contributed by atoms with Crippen LogP contribution in [0.25, 0.3) is 0 Å². The van der Waals surface area contributed by atoms with Crippen LogP contribution in [-0.2, 0) is 4.74 Å². The molecule has 1 aromatic rings. The van der Waals surface area contributed by atoms with Crippen LogP contribution in [0.15, 0.2) is 24.3 Å². The average molecular weight is 292 g/mol. The fraction of sp³-hybridized carbons (Fsp3) is 0.562. The zero-order valence-electron chi connectivity index (χ0n) is 12.5. The molecule has 0 aliphatic rings. The van der Waals surface area contributed by atoms with Crippen molar-refractivity contribution in [2.75, 3.05) is 32.9 Å². The van der Waals surface area contributed by atoms with Crippen LogP contribution in [-0.4, -0.2) is 44.1 Å². The second-order valence-electron chi connectivity index (χ2n) is 4.74. The number of aliphatic hydroxyl groups is 1. The van der Waals surface area contributed by atoms with E-state index in [0.29, 0.717) is 17.9 Å². The maximum absolute atomic E-state index is 9.81. The Bertz CT molecular complexity index is 432. The zero-order valence-corrected chi connectivity index (χ0v) is 12.5. The molecule has 0 bridgehead atoms. The Balaban J connectivity index is 2.11. The van der Waals surface area contributed by atoms with Gasteiger partial charge >= 0.3 is 0 Å². The smallest absolute Gasteiger partial charge is 0.137 e. The SMILES string of the molecule is CCCOCCCNCC(O)COc1ccccc1C#N. The van der Waals surface area contributed by atoms with Crippen LogP contribution < -0.4 is 10.1 Å². The van der Waals surface area contributed by atoms with Crippen molar-refractivity contribution in [1.82, 2.24) is 5.32 Å². The monoisotopic (exact) mass is 292 g/mol. The van der Waals surface area contributed by atoms with E-state index in [4.69, 9.17) is 14.7 Å². The Morgan fingerprint density at radius 2 is 2.14 bits per heavy atom. The fourth-order valence-corrected chi connectivity index (χ4v) is 1.74. The van der Waals surface area contributed by atoms with E-state index in [1.54, 1.807) is 24.3 Å².